The molecule has 1 aromatic carbocycles. The summed E-state index contributed by atoms with van der Waals surface area (Å²) >= 11 is 0. The van der Waals surface area contributed by atoms with E-state index in [0.717, 1.165) is 19.6 Å². The number of benzene rings is 1. The van der Waals surface area contributed by atoms with Crippen LogP contribution in [0.15, 0.2) is 24.3 Å². The van der Waals surface area contributed by atoms with Gasteiger partial charge in [0.25, 0.3) is 0 Å². The number of rotatable bonds is 6. The third-order valence-electron chi connectivity index (χ3n) is 4.53. The van der Waals surface area contributed by atoms with E-state index in [0.29, 0.717) is 0 Å². The smallest absolute Gasteiger partial charge is 0.0335 e. The van der Waals surface area contributed by atoms with Gasteiger partial charge in [-0.05, 0) is 38.3 Å². The second kappa shape index (κ2) is 6.53. The van der Waals surface area contributed by atoms with E-state index in [1.807, 2.05) is 0 Å². The molecule has 2 heteroatoms. The molecule has 0 atom stereocenters. The highest BCUT2D eigenvalue weighted by molar-refractivity contribution is 5.22. The van der Waals surface area contributed by atoms with Crippen molar-refractivity contribution in [3.05, 3.63) is 35.4 Å². The Bertz CT molecular complexity index is 394. The summed E-state index contributed by atoms with van der Waals surface area (Å²) in [6.07, 6.45) is 6.43. The van der Waals surface area contributed by atoms with Crippen LogP contribution in [0.2, 0.25) is 0 Å². The Morgan fingerprint density at radius 1 is 1.26 bits per heavy atom. The molecule has 0 heterocycles. The molecular weight excluding hydrogens is 232 g/mol. The van der Waals surface area contributed by atoms with Gasteiger partial charge in [-0.25, -0.2) is 0 Å². The third kappa shape index (κ3) is 3.37. The molecule has 1 aliphatic carbocycles. The van der Waals surface area contributed by atoms with Gasteiger partial charge in [-0.1, -0.05) is 49.6 Å². The molecular formula is C17H28N2. The molecule has 0 saturated heterocycles. The van der Waals surface area contributed by atoms with E-state index in [-0.39, 0.29) is 5.54 Å². The van der Waals surface area contributed by atoms with Crippen LogP contribution in [-0.2, 0) is 6.54 Å². The monoisotopic (exact) mass is 260 g/mol. The summed E-state index contributed by atoms with van der Waals surface area (Å²) in [6, 6.07) is 8.89. The van der Waals surface area contributed by atoms with Crippen molar-refractivity contribution in [2.24, 2.45) is 5.73 Å². The SMILES string of the molecule is CCCN(Cc1cccc(C)c1)C1(CN)CCCC1. The normalized spacial score (nSPS) is 18.1. The van der Waals surface area contributed by atoms with Crippen molar-refractivity contribution < 1.29 is 0 Å². The van der Waals surface area contributed by atoms with Gasteiger partial charge in [0, 0.05) is 18.6 Å². The molecule has 2 nitrogen and oxygen atoms in total. The van der Waals surface area contributed by atoms with Crippen molar-refractivity contribution in [1.82, 2.24) is 4.90 Å². The highest BCUT2D eigenvalue weighted by atomic mass is 15.2. The average Bonchev–Trinajstić information content (AvgIpc) is 2.88. The highest BCUT2D eigenvalue weighted by Gasteiger charge is 2.37. The predicted octanol–water partition coefficient (Wildman–Crippen LogP) is 3.48. The second-order valence-corrected chi connectivity index (χ2v) is 6.05. The maximum Gasteiger partial charge on any atom is 0.0335 e. The number of aryl methyl sites for hydroxylation is 1. The molecule has 1 saturated carbocycles. The van der Waals surface area contributed by atoms with E-state index < -0.39 is 0 Å². The summed E-state index contributed by atoms with van der Waals surface area (Å²) in [5, 5.41) is 0. The zero-order chi connectivity index (χ0) is 13.7. The number of hydrogen-bond acceptors (Lipinski definition) is 2. The Kier molecular flexibility index (Phi) is 5.00. The molecule has 106 valence electrons. The van der Waals surface area contributed by atoms with Crippen molar-refractivity contribution in [3.8, 4) is 0 Å². The quantitative estimate of drug-likeness (QED) is 0.848. The van der Waals surface area contributed by atoms with E-state index in [9.17, 15) is 0 Å². The van der Waals surface area contributed by atoms with E-state index in [1.54, 1.807) is 0 Å². The third-order valence-corrected chi connectivity index (χ3v) is 4.53. The first-order chi connectivity index (χ1) is 9.20. The minimum absolute atomic E-state index is 0.264. The Morgan fingerprint density at radius 3 is 2.58 bits per heavy atom. The fraction of sp³-hybridized carbons (Fsp3) is 0.647. The molecule has 0 bridgehead atoms. The average molecular weight is 260 g/mol. The van der Waals surface area contributed by atoms with Crippen molar-refractivity contribution in [1.29, 1.82) is 0 Å². The summed E-state index contributed by atoms with van der Waals surface area (Å²) in [4.78, 5) is 2.65. The fourth-order valence-corrected chi connectivity index (χ4v) is 3.47. The van der Waals surface area contributed by atoms with Crippen molar-refractivity contribution in [2.75, 3.05) is 13.1 Å². The zero-order valence-electron chi connectivity index (χ0n) is 12.5. The van der Waals surface area contributed by atoms with Gasteiger partial charge in [-0.15, -0.1) is 0 Å². The number of nitrogens with zero attached hydrogens (tertiary/aromatic N) is 1. The molecule has 0 unspecified atom stereocenters. The van der Waals surface area contributed by atoms with Crippen molar-refractivity contribution in [2.45, 2.75) is 58.0 Å². The maximum atomic E-state index is 6.14. The van der Waals surface area contributed by atoms with Gasteiger partial charge in [0.1, 0.15) is 0 Å². The molecule has 19 heavy (non-hydrogen) atoms. The first kappa shape index (κ1) is 14.5. The summed E-state index contributed by atoms with van der Waals surface area (Å²) in [6.45, 7) is 7.45. The maximum absolute atomic E-state index is 6.14. The van der Waals surface area contributed by atoms with Gasteiger partial charge >= 0.3 is 0 Å². The van der Waals surface area contributed by atoms with Gasteiger partial charge in [-0.3, -0.25) is 4.90 Å². The molecule has 1 aliphatic rings. The van der Waals surface area contributed by atoms with Crippen molar-refractivity contribution >= 4 is 0 Å². The van der Waals surface area contributed by atoms with Crippen LogP contribution in [0, 0.1) is 6.92 Å². The summed E-state index contributed by atoms with van der Waals surface area (Å²) in [7, 11) is 0. The van der Waals surface area contributed by atoms with Crippen molar-refractivity contribution in [3.63, 3.8) is 0 Å². The van der Waals surface area contributed by atoms with Crippen LogP contribution in [0.4, 0.5) is 0 Å². The molecule has 1 aromatic rings. The Morgan fingerprint density at radius 2 is 2.00 bits per heavy atom. The van der Waals surface area contributed by atoms with Gasteiger partial charge in [0.15, 0.2) is 0 Å². The lowest BCUT2D eigenvalue weighted by molar-refractivity contribution is 0.0903. The molecule has 0 radical (unpaired) electrons. The van der Waals surface area contributed by atoms with Crippen LogP contribution in [0.3, 0.4) is 0 Å². The minimum atomic E-state index is 0.264. The van der Waals surface area contributed by atoms with E-state index in [1.165, 1.54) is 43.2 Å². The first-order valence-electron chi connectivity index (χ1n) is 7.71. The summed E-state index contributed by atoms with van der Waals surface area (Å²) in [5.74, 6) is 0. The van der Waals surface area contributed by atoms with Gasteiger partial charge in [-0.2, -0.15) is 0 Å². The molecule has 1 fully saturated rings. The molecule has 2 N–H and O–H groups in total. The number of hydrogen-bond donors (Lipinski definition) is 1. The highest BCUT2D eigenvalue weighted by Crippen LogP contribution is 2.35. The van der Waals surface area contributed by atoms with Gasteiger partial charge in [0.05, 0.1) is 0 Å². The van der Waals surface area contributed by atoms with Crippen LogP contribution < -0.4 is 5.73 Å². The predicted molar refractivity (Wildman–Crippen MR) is 82.1 cm³/mol. The zero-order valence-corrected chi connectivity index (χ0v) is 12.5. The van der Waals surface area contributed by atoms with Crippen LogP contribution >= 0.6 is 0 Å². The number of nitrogens with two attached hydrogens (primary N) is 1. The molecule has 0 aromatic heterocycles. The summed E-state index contributed by atoms with van der Waals surface area (Å²) in [5.41, 5.74) is 9.18. The van der Waals surface area contributed by atoms with Crippen LogP contribution in [0.25, 0.3) is 0 Å². The lowest BCUT2D eigenvalue weighted by atomic mass is 9.94. The lowest BCUT2D eigenvalue weighted by Gasteiger charge is -2.41. The van der Waals surface area contributed by atoms with E-state index in [2.05, 4.69) is 43.0 Å². The largest absolute Gasteiger partial charge is 0.329 e. The van der Waals surface area contributed by atoms with Crippen LogP contribution in [-0.4, -0.2) is 23.5 Å². The molecule has 2 rings (SSSR count). The Hall–Kier alpha value is -0.860. The van der Waals surface area contributed by atoms with E-state index in [4.69, 9.17) is 5.73 Å². The first-order valence-corrected chi connectivity index (χ1v) is 7.71. The van der Waals surface area contributed by atoms with Crippen LogP contribution in [0.5, 0.6) is 0 Å². The summed E-state index contributed by atoms with van der Waals surface area (Å²) < 4.78 is 0. The fourth-order valence-electron chi connectivity index (χ4n) is 3.47. The molecule has 0 aliphatic heterocycles. The van der Waals surface area contributed by atoms with Crippen LogP contribution in [0.1, 0.15) is 50.2 Å². The second-order valence-electron chi connectivity index (χ2n) is 6.05. The van der Waals surface area contributed by atoms with Gasteiger partial charge in [0.2, 0.25) is 0 Å². The lowest BCUT2D eigenvalue weighted by Crippen LogP contribution is -2.51. The minimum Gasteiger partial charge on any atom is -0.329 e. The standard InChI is InChI=1S/C17H28N2/c1-3-11-19(17(14-18)9-4-5-10-17)13-16-8-6-7-15(2)12-16/h6-8,12H,3-5,9-11,13-14,18H2,1-2H3. The van der Waals surface area contributed by atoms with E-state index >= 15 is 0 Å². The molecule has 0 spiro atoms. The Labute approximate surface area is 118 Å². The Balaban J connectivity index is 2.15. The van der Waals surface area contributed by atoms with Gasteiger partial charge < -0.3 is 5.73 Å². The topological polar surface area (TPSA) is 29.3 Å². The molecule has 0 amide bonds.